The second kappa shape index (κ2) is 10.7. The van der Waals surface area contributed by atoms with Gasteiger partial charge in [0.25, 0.3) is 0 Å². The van der Waals surface area contributed by atoms with Crippen LogP contribution < -0.4 is 17.0 Å². The van der Waals surface area contributed by atoms with Crippen LogP contribution in [0.5, 0.6) is 0 Å². The average Bonchev–Trinajstić information content (AvgIpc) is 3.35. The van der Waals surface area contributed by atoms with Gasteiger partial charge in [-0.05, 0) is 11.1 Å². The van der Waals surface area contributed by atoms with Gasteiger partial charge in [0, 0.05) is 0 Å². The van der Waals surface area contributed by atoms with E-state index in [0.29, 0.717) is 13.2 Å². The molecule has 0 amide bonds. The monoisotopic (exact) mass is 430 g/mol. The average molecular weight is 431 g/mol. The molecule has 2 heterocycles. The Kier molecular flexibility index (Phi) is 8.01. The van der Waals surface area contributed by atoms with Gasteiger partial charge in [0.05, 0.1) is 26.9 Å². The van der Waals surface area contributed by atoms with E-state index >= 15 is 0 Å². The number of ether oxygens (including phenoxy) is 3. The fourth-order valence-electron chi connectivity index (χ4n) is 3.63. The molecule has 3 aromatic rings. The number of aromatic nitrogens is 2. The summed E-state index contributed by atoms with van der Waals surface area (Å²) in [4.78, 5) is 0. The van der Waals surface area contributed by atoms with Crippen LogP contribution in [-0.2, 0) is 34.5 Å². The maximum atomic E-state index is 9.93. The predicted octanol–water partition coefficient (Wildman–Crippen LogP) is -0.623. The lowest BCUT2D eigenvalue weighted by atomic mass is 10.1. The highest BCUT2D eigenvalue weighted by molar-refractivity contribution is 5.14. The van der Waals surface area contributed by atoms with Crippen LogP contribution in [0.15, 0.2) is 79.4 Å². The third kappa shape index (κ3) is 5.28. The van der Waals surface area contributed by atoms with Crippen LogP contribution in [0.3, 0.4) is 0 Å². The van der Waals surface area contributed by atoms with Crippen LogP contribution in [0.1, 0.15) is 17.4 Å². The minimum Gasteiger partial charge on any atom is -1.00 e. The fourth-order valence-corrected chi connectivity index (χ4v) is 3.63. The van der Waals surface area contributed by atoms with Crippen molar-refractivity contribution in [2.45, 2.75) is 37.8 Å². The maximum Gasteiger partial charge on any atom is 0.245 e. The first-order valence-electron chi connectivity index (χ1n) is 9.84. The zero-order valence-electron chi connectivity index (χ0n) is 16.9. The molecule has 0 bridgehead atoms. The standard InChI is InChI=1S/C23H27N2O4.ClH/c1-24-12-13-25(17-24)23-22(28-16-19-10-6-3-7-11-19)21(20(14-26)29-23)27-15-18-8-4-2-5-9-18;/h2-13,17,20-23,26H,14-16H2,1H3;1H/q+1;/p-1/t20-,21-,22+,23-;/m1./s1. The Bertz CT molecular complexity index is 890. The summed E-state index contributed by atoms with van der Waals surface area (Å²) < 4.78 is 22.6. The number of aliphatic hydroxyl groups is 1. The third-order valence-electron chi connectivity index (χ3n) is 5.12. The van der Waals surface area contributed by atoms with Crippen molar-refractivity contribution in [3.05, 3.63) is 90.5 Å². The van der Waals surface area contributed by atoms with Crippen LogP contribution in [-0.4, -0.2) is 34.6 Å². The third-order valence-corrected chi connectivity index (χ3v) is 5.12. The SMILES string of the molecule is C[n+]1ccn([C@@H]2O[C@H](CO)[C@@H](OCc3ccccc3)[C@@H]2OCc2ccccc2)c1.[Cl-]. The van der Waals surface area contributed by atoms with Gasteiger partial charge in [0.15, 0.2) is 6.10 Å². The van der Waals surface area contributed by atoms with Crippen molar-refractivity contribution in [1.29, 1.82) is 0 Å². The molecule has 1 aromatic heterocycles. The van der Waals surface area contributed by atoms with Crippen LogP contribution in [0.25, 0.3) is 0 Å². The first kappa shape index (κ1) is 22.5. The Morgan fingerprint density at radius 3 is 2.00 bits per heavy atom. The van der Waals surface area contributed by atoms with Crippen molar-refractivity contribution in [3.63, 3.8) is 0 Å². The second-order valence-corrected chi connectivity index (χ2v) is 7.30. The molecule has 4 atom stereocenters. The number of halogens is 1. The Hall–Kier alpha value is -2.22. The normalized spacial score (nSPS) is 23.3. The molecule has 1 fully saturated rings. The summed E-state index contributed by atoms with van der Waals surface area (Å²) in [6, 6.07) is 20.0. The number of aliphatic hydroxyl groups excluding tert-OH is 1. The largest absolute Gasteiger partial charge is 1.00 e. The summed E-state index contributed by atoms with van der Waals surface area (Å²) in [6.07, 6.45) is 4.25. The van der Waals surface area contributed by atoms with Gasteiger partial charge in [-0.3, -0.25) is 0 Å². The predicted molar refractivity (Wildman–Crippen MR) is 107 cm³/mol. The van der Waals surface area contributed by atoms with Gasteiger partial charge in [0.2, 0.25) is 12.6 Å². The lowest BCUT2D eigenvalue weighted by Gasteiger charge is -2.23. The smallest absolute Gasteiger partial charge is 0.245 e. The molecule has 7 heteroatoms. The molecule has 0 saturated carbocycles. The lowest BCUT2D eigenvalue weighted by molar-refractivity contribution is -0.671. The fraction of sp³-hybridized carbons (Fsp3) is 0.348. The van der Waals surface area contributed by atoms with Crippen molar-refractivity contribution < 1.29 is 36.3 Å². The number of hydrogen-bond donors (Lipinski definition) is 1. The molecule has 0 spiro atoms. The van der Waals surface area contributed by atoms with Gasteiger partial charge in [-0.25, -0.2) is 9.13 Å². The molecule has 1 N–H and O–H groups in total. The molecule has 1 saturated heterocycles. The Morgan fingerprint density at radius 1 is 0.933 bits per heavy atom. The molecule has 0 aliphatic carbocycles. The first-order valence-corrected chi connectivity index (χ1v) is 9.84. The van der Waals surface area contributed by atoms with Crippen molar-refractivity contribution in [3.8, 4) is 0 Å². The van der Waals surface area contributed by atoms with Crippen molar-refractivity contribution in [1.82, 2.24) is 4.57 Å². The quantitative estimate of drug-likeness (QED) is 0.484. The molecule has 6 nitrogen and oxygen atoms in total. The van der Waals surface area contributed by atoms with E-state index in [2.05, 4.69) is 0 Å². The van der Waals surface area contributed by atoms with Gasteiger partial charge >= 0.3 is 0 Å². The molecule has 0 radical (unpaired) electrons. The molecule has 1 aliphatic heterocycles. The van der Waals surface area contributed by atoms with E-state index in [4.69, 9.17) is 14.2 Å². The van der Waals surface area contributed by atoms with Crippen molar-refractivity contribution in [2.75, 3.05) is 6.61 Å². The summed E-state index contributed by atoms with van der Waals surface area (Å²) in [5.41, 5.74) is 2.15. The summed E-state index contributed by atoms with van der Waals surface area (Å²) in [6.45, 7) is 0.749. The molecule has 2 aromatic carbocycles. The zero-order chi connectivity index (χ0) is 20.1. The number of nitrogens with zero attached hydrogens (tertiary/aromatic N) is 2. The Labute approximate surface area is 183 Å². The highest BCUT2D eigenvalue weighted by Crippen LogP contribution is 2.34. The van der Waals surface area contributed by atoms with E-state index in [1.807, 2.05) is 95.6 Å². The molecule has 1 aliphatic rings. The molecule has 160 valence electrons. The lowest BCUT2D eigenvalue weighted by Crippen LogP contribution is -3.00. The van der Waals surface area contributed by atoms with Gasteiger partial charge in [-0.2, -0.15) is 0 Å². The second-order valence-electron chi connectivity index (χ2n) is 7.30. The number of aryl methyl sites for hydroxylation is 1. The van der Waals surface area contributed by atoms with E-state index < -0.39 is 6.10 Å². The number of rotatable bonds is 8. The summed E-state index contributed by atoms with van der Waals surface area (Å²) in [5.74, 6) is 0. The Morgan fingerprint density at radius 2 is 1.50 bits per heavy atom. The summed E-state index contributed by atoms with van der Waals surface area (Å²) >= 11 is 0. The van der Waals surface area contributed by atoms with Crippen LogP contribution in [0, 0.1) is 0 Å². The number of imidazole rings is 1. The van der Waals surface area contributed by atoms with Crippen molar-refractivity contribution in [2.24, 2.45) is 7.05 Å². The first-order chi connectivity index (χ1) is 14.2. The van der Waals surface area contributed by atoms with E-state index in [9.17, 15) is 5.11 Å². The molecule has 30 heavy (non-hydrogen) atoms. The van der Waals surface area contributed by atoms with E-state index in [0.717, 1.165) is 11.1 Å². The molecular weight excluding hydrogens is 404 g/mol. The highest BCUT2D eigenvalue weighted by Gasteiger charge is 2.49. The van der Waals surface area contributed by atoms with Crippen molar-refractivity contribution >= 4 is 0 Å². The molecule has 0 unspecified atom stereocenters. The maximum absolute atomic E-state index is 9.93. The zero-order valence-corrected chi connectivity index (χ0v) is 17.6. The summed E-state index contributed by atoms with van der Waals surface area (Å²) in [5, 5.41) is 9.93. The highest BCUT2D eigenvalue weighted by atomic mass is 35.5. The van der Waals surface area contributed by atoms with E-state index in [1.165, 1.54) is 0 Å². The number of benzene rings is 2. The molecule has 4 rings (SSSR count). The van der Waals surface area contributed by atoms with E-state index in [-0.39, 0.29) is 37.4 Å². The Balaban J connectivity index is 0.00000256. The van der Waals surface area contributed by atoms with Crippen LogP contribution >= 0.6 is 0 Å². The minimum absolute atomic E-state index is 0. The van der Waals surface area contributed by atoms with Crippen LogP contribution in [0.2, 0.25) is 0 Å². The minimum atomic E-state index is -0.461. The topological polar surface area (TPSA) is 56.7 Å². The van der Waals surface area contributed by atoms with Gasteiger partial charge in [0.1, 0.15) is 24.6 Å². The van der Waals surface area contributed by atoms with Gasteiger partial charge < -0.3 is 31.7 Å². The van der Waals surface area contributed by atoms with Gasteiger partial charge in [-0.1, -0.05) is 60.7 Å². The van der Waals surface area contributed by atoms with Crippen LogP contribution in [0.4, 0.5) is 0 Å². The summed E-state index contributed by atoms with van der Waals surface area (Å²) in [7, 11) is 1.96. The molecular formula is C23H27ClN2O4. The van der Waals surface area contributed by atoms with E-state index in [1.54, 1.807) is 0 Å². The number of hydrogen-bond acceptors (Lipinski definition) is 4. The van der Waals surface area contributed by atoms with Gasteiger partial charge in [-0.15, -0.1) is 0 Å².